The first-order chi connectivity index (χ1) is 13.5. The second-order valence-electron chi connectivity index (χ2n) is 6.52. The molecule has 0 aromatic heterocycles. The van der Waals surface area contributed by atoms with Crippen LogP contribution in [0.5, 0.6) is 28.7 Å². The molecule has 0 atom stereocenters. The van der Waals surface area contributed by atoms with E-state index in [0.29, 0.717) is 34.3 Å². The molecule has 3 rings (SSSR count). The largest absolute Gasteiger partial charge is 0.493 e. The summed E-state index contributed by atoms with van der Waals surface area (Å²) in [5, 5.41) is 3.14. The number of nitrogens with one attached hydrogen (secondary N) is 1. The molecule has 1 saturated carbocycles. The molecule has 2 aromatic carbocycles. The van der Waals surface area contributed by atoms with Gasteiger partial charge in [-0.25, -0.2) is 0 Å². The SMILES string of the molecule is COc1ccc(C2(NC(=O)c3cc(OC)c(OC)c(OC)c3)CC2)cc1OC. The van der Waals surface area contributed by atoms with E-state index in [0.717, 1.165) is 18.4 Å². The van der Waals surface area contributed by atoms with E-state index in [2.05, 4.69) is 5.32 Å². The van der Waals surface area contributed by atoms with Crippen LogP contribution in [0.1, 0.15) is 28.8 Å². The number of methoxy groups -OCH3 is 5. The van der Waals surface area contributed by atoms with Crippen LogP contribution < -0.4 is 29.0 Å². The van der Waals surface area contributed by atoms with Crippen molar-refractivity contribution < 1.29 is 28.5 Å². The third-order valence-corrected chi connectivity index (χ3v) is 4.97. The summed E-state index contributed by atoms with van der Waals surface area (Å²) in [7, 11) is 7.75. The van der Waals surface area contributed by atoms with Crippen molar-refractivity contribution in [3.8, 4) is 28.7 Å². The van der Waals surface area contributed by atoms with Crippen LogP contribution in [0.25, 0.3) is 0 Å². The molecule has 1 N–H and O–H groups in total. The van der Waals surface area contributed by atoms with Crippen molar-refractivity contribution >= 4 is 5.91 Å². The summed E-state index contributed by atoms with van der Waals surface area (Å²) < 4.78 is 26.7. The molecule has 1 aliphatic rings. The molecule has 0 unspecified atom stereocenters. The van der Waals surface area contributed by atoms with Crippen molar-refractivity contribution in [3.05, 3.63) is 41.5 Å². The molecule has 7 nitrogen and oxygen atoms in total. The van der Waals surface area contributed by atoms with Gasteiger partial charge in [0.15, 0.2) is 23.0 Å². The Hall–Kier alpha value is -3.09. The van der Waals surface area contributed by atoms with E-state index in [1.54, 1.807) is 26.4 Å². The highest BCUT2D eigenvalue weighted by molar-refractivity contribution is 5.96. The molecule has 150 valence electrons. The van der Waals surface area contributed by atoms with Gasteiger partial charge in [-0.3, -0.25) is 4.79 Å². The van der Waals surface area contributed by atoms with Gasteiger partial charge in [0.05, 0.1) is 41.1 Å². The Morgan fingerprint density at radius 2 is 1.36 bits per heavy atom. The Labute approximate surface area is 164 Å². The van der Waals surface area contributed by atoms with Crippen LogP contribution in [0.2, 0.25) is 0 Å². The van der Waals surface area contributed by atoms with E-state index in [9.17, 15) is 4.79 Å². The normalized spacial score (nSPS) is 14.0. The summed E-state index contributed by atoms with van der Waals surface area (Å²) in [5.74, 6) is 2.38. The van der Waals surface area contributed by atoms with Gasteiger partial charge in [0, 0.05) is 5.56 Å². The fourth-order valence-corrected chi connectivity index (χ4v) is 3.25. The topological polar surface area (TPSA) is 75.3 Å². The molecule has 1 aliphatic carbocycles. The fraction of sp³-hybridized carbons (Fsp3) is 0.381. The second kappa shape index (κ2) is 7.88. The monoisotopic (exact) mass is 387 g/mol. The summed E-state index contributed by atoms with van der Waals surface area (Å²) >= 11 is 0. The highest BCUT2D eigenvalue weighted by Crippen LogP contribution is 2.48. The summed E-state index contributed by atoms with van der Waals surface area (Å²) in [5.41, 5.74) is 0.990. The van der Waals surface area contributed by atoms with E-state index in [-0.39, 0.29) is 5.91 Å². The van der Waals surface area contributed by atoms with Gasteiger partial charge in [0.2, 0.25) is 5.75 Å². The van der Waals surface area contributed by atoms with Crippen LogP contribution >= 0.6 is 0 Å². The van der Waals surface area contributed by atoms with Gasteiger partial charge in [-0.15, -0.1) is 0 Å². The average molecular weight is 387 g/mol. The van der Waals surface area contributed by atoms with E-state index >= 15 is 0 Å². The summed E-state index contributed by atoms with van der Waals surface area (Å²) in [6.07, 6.45) is 1.69. The van der Waals surface area contributed by atoms with Crippen molar-refractivity contribution in [2.45, 2.75) is 18.4 Å². The smallest absolute Gasteiger partial charge is 0.252 e. The minimum absolute atomic E-state index is 0.216. The maximum Gasteiger partial charge on any atom is 0.252 e. The number of hydrogen-bond acceptors (Lipinski definition) is 6. The molecular weight excluding hydrogens is 362 g/mol. The predicted molar refractivity (Wildman–Crippen MR) is 104 cm³/mol. The fourth-order valence-electron chi connectivity index (χ4n) is 3.25. The first kappa shape index (κ1) is 19.7. The third-order valence-electron chi connectivity index (χ3n) is 4.97. The second-order valence-corrected chi connectivity index (χ2v) is 6.52. The van der Waals surface area contributed by atoms with Gasteiger partial charge < -0.3 is 29.0 Å². The maximum atomic E-state index is 13.0. The molecule has 0 bridgehead atoms. The number of benzene rings is 2. The zero-order valence-electron chi connectivity index (χ0n) is 16.8. The summed E-state index contributed by atoms with van der Waals surface area (Å²) in [4.78, 5) is 13.0. The number of carbonyl (C=O) groups is 1. The van der Waals surface area contributed by atoms with Crippen molar-refractivity contribution in [1.29, 1.82) is 0 Å². The Morgan fingerprint density at radius 1 is 0.786 bits per heavy atom. The van der Waals surface area contributed by atoms with Gasteiger partial charge in [-0.2, -0.15) is 0 Å². The van der Waals surface area contributed by atoms with Gasteiger partial charge in [0.1, 0.15) is 0 Å². The van der Waals surface area contributed by atoms with Gasteiger partial charge in [-0.05, 0) is 42.7 Å². The predicted octanol–water partition coefficient (Wildman–Crippen LogP) is 3.15. The van der Waals surface area contributed by atoms with Crippen LogP contribution in [-0.4, -0.2) is 41.5 Å². The zero-order chi connectivity index (χ0) is 20.3. The Balaban J connectivity index is 1.89. The zero-order valence-corrected chi connectivity index (χ0v) is 16.8. The highest BCUT2D eigenvalue weighted by atomic mass is 16.5. The molecule has 7 heteroatoms. The third kappa shape index (κ3) is 3.52. The lowest BCUT2D eigenvalue weighted by Gasteiger charge is -2.20. The average Bonchev–Trinajstić information content (AvgIpc) is 3.52. The lowest BCUT2D eigenvalue weighted by molar-refractivity contribution is 0.0930. The lowest BCUT2D eigenvalue weighted by atomic mass is 10.0. The quantitative estimate of drug-likeness (QED) is 0.750. The standard InChI is InChI=1S/C21H25NO6/c1-24-15-7-6-14(12-16(15)25-2)21(8-9-21)22-20(23)13-10-17(26-3)19(28-5)18(11-13)27-4/h6-7,10-12H,8-9H2,1-5H3,(H,22,23). The maximum absolute atomic E-state index is 13.0. The molecule has 1 fully saturated rings. The van der Waals surface area contributed by atoms with Gasteiger partial charge in [0.25, 0.3) is 5.91 Å². The molecule has 0 spiro atoms. The Bertz CT molecular complexity index is 850. The van der Waals surface area contributed by atoms with E-state index in [4.69, 9.17) is 23.7 Å². The summed E-state index contributed by atoms with van der Waals surface area (Å²) in [6, 6.07) is 8.98. The minimum Gasteiger partial charge on any atom is -0.493 e. The van der Waals surface area contributed by atoms with Crippen molar-refractivity contribution in [3.63, 3.8) is 0 Å². The molecule has 1 amide bonds. The molecule has 28 heavy (non-hydrogen) atoms. The van der Waals surface area contributed by atoms with Gasteiger partial charge >= 0.3 is 0 Å². The van der Waals surface area contributed by atoms with Crippen LogP contribution in [0.4, 0.5) is 0 Å². The van der Waals surface area contributed by atoms with Crippen LogP contribution in [0.15, 0.2) is 30.3 Å². The molecule has 0 saturated heterocycles. The lowest BCUT2D eigenvalue weighted by Crippen LogP contribution is -2.34. The van der Waals surface area contributed by atoms with E-state index in [1.165, 1.54) is 21.3 Å². The number of ether oxygens (including phenoxy) is 5. The van der Waals surface area contributed by atoms with Crippen molar-refractivity contribution in [2.24, 2.45) is 0 Å². The molecular formula is C21H25NO6. The molecule has 0 radical (unpaired) electrons. The van der Waals surface area contributed by atoms with Crippen LogP contribution in [-0.2, 0) is 5.54 Å². The highest BCUT2D eigenvalue weighted by Gasteiger charge is 2.46. The van der Waals surface area contributed by atoms with Crippen molar-refractivity contribution in [1.82, 2.24) is 5.32 Å². The number of carbonyl (C=O) groups excluding carboxylic acids is 1. The Morgan fingerprint density at radius 3 is 1.82 bits per heavy atom. The van der Waals surface area contributed by atoms with E-state index in [1.807, 2.05) is 18.2 Å². The minimum atomic E-state index is -0.420. The number of amides is 1. The Kier molecular flexibility index (Phi) is 5.53. The van der Waals surface area contributed by atoms with Crippen LogP contribution in [0, 0.1) is 0 Å². The summed E-state index contributed by atoms with van der Waals surface area (Å²) in [6.45, 7) is 0. The van der Waals surface area contributed by atoms with Crippen molar-refractivity contribution in [2.75, 3.05) is 35.5 Å². The number of rotatable bonds is 8. The van der Waals surface area contributed by atoms with Crippen LogP contribution in [0.3, 0.4) is 0 Å². The number of hydrogen-bond donors (Lipinski definition) is 1. The molecule has 0 heterocycles. The molecule has 0 aliphatic heterocycles. The molecule has 2 aromatic rings. The van der Waals surface area contributed by atoms with Gasteiger partial charge in [-0.1, -0.05) is 6.07 Å². The first-order valence-electron chi connectivity index (χ1n) is 8.87. The first-order valence-corrected chi connectivity index (χ1v) is 8.87. The van der Waals surface area contributed by atoms with E-state index < -0.39 is 5.54 Å².